The molecule has 0 aliphatic carbocycles. The standard InChI is InChI=1S/C22H17ClFNO4.C21H15ClFNO4/c1-28-22(27)15-4-2-14(3-5-15)13-25-21(26)19-12-16(23)6-11-20(19)29-18-9-7-17(24)8-10-18;22-15-5-10-19(28-17-8-6-16(23)7-9-17)18(11-15)20(25)24-12-13-1-3-14(4-2-13)21(26)27/h2-12H,13H2,1H3,(H,25,26);1-11H,12H2,(H,24,25)(H,26,27). The second-order valence-corrected chi connectivity index (χ2v) is 12.8. The summed E-state index contributed by atoms with van der Waals surface area (Å²) in [5, 5.41) is 15.2. The molecule has 0 aliphatic heterocycles. The van der Waals surface area contributed by atoms with Crippen LogP contribution in [0.4, 0.5) is 8.78 Å². The number of carboxylic acids is 1. The Morgan fingerprint density at radius 2 is 0.947 bits per heavy atom. The molecule has 57 heavy (non-hydrogen) atoms. The van der Waals surface area contributed by atoms with Crippen LogP contribution in [0.2, 0.25) is 10.0 Å². The molecule has 0 bridgehead atoms. The van der Waals surface area contributed by atoms with E-state index in [1.54, 1.807) is 60.7 Å². The fourth-order valence-corrected chi connectivity index (χ4v) is 5.34. The van der Waals surface area contributed by atoms with Gasteiger partial charge < -0.3 is 30.0 Å². The molecule has 6 aromatic carbocycles. The van der Waals surface area contributed by atoms with Gasteiger partial charge in [0.25, 0.3) is 11.8 Å². The lowest BCUT2D eigenvalue weighted by Crippen LogP contribution is -2.23. The van der Waals surface area contributed by atoms with Crippen molar-refractivity contribution >= 4 is 47.0 Å². The Balaban J connectivity index is 0.000000218. The first-order valence-corrected chi connectivity index (χ1v) is 17.7. The summed E-state index contributed by atoms with van der Waals surface area (Å²) in [7, 11) is 1.31. The molecule has 6 rings (SSSR count). The predicted molar refractivity (Wildman–Crippen MR) is 209 cm³/mol. The molecule has 0 saturated heterocycles. The predicted octanol–water partition coefficient (Wildman–Crippen LogP) is 9.89. The van der Waals surface area contributed by atoms with Crippen molar-refractivity contribution in [3.63, 3.8) is 0 Å². The van der Waals surface area contributed by atoms with E-state index in [4.69, 9.17) is 37.8 Å². The number of rotatable bonds is 12. The van der Waals surface area contributed by atoms with Crippen LogP contribution in [0.3, 0.4) is 0 Å². The van der Waals surface area contributed by atoms with Gasteiger partial charge in [-0.2, -0.15) is 0 Å². The maximum atomic E-state index is 13.1. The van der Waals surface area contributed by atoms with Gasteiger partial charge in [-0.05, 0) is 120 Å². The van der Waals surface area contributed by atoms with Gasteiger partial charge >= 0.3 is 11.9 Å². The van der Waals surface area contributed by atoms with Gasteiger partial charge in [0.2, 0.25) is 0 Å². The fourth-order valence-electron chi connectivity index (χ4n) is 4.99. The minimum absolute atomic E-state index is 0.167. The van der Waals surface area contributed by atoms with Crippen LogP contribution in [0.15, 0.2) is 133 Å². The third-order valence-corrected chi connectivity index (χ3v) is 8.41. The number of hydrogen-bond donors (Lipinski definition) is 3. The Morgan fingerprint density at radius 3 is 1.32 bits per heavy atom. The number of hydrogen-bond acceptors (Lipinski definition) is 7. The maximum absolute atomic E-state index is 13.1. The maximum Gasteiger partial charge on any atom is 0.337 e. The van der Waals surface area contributed by atoms with Gasteiger partial charge in [-0.1, -0.05) is 47.5 Å². The highest BCUT2D eigenvalue weighted by Crippen LogP contribution is 2.30. The van der Waals surface area contributed by atoms with Crippen LogP contribution in [0, 0.1) is 11.6 Å². The molecule has 0 aromatic heterocycles. The van der Waals surface area contributed by atoms with Crippen molar-refractivity contribution in [2.24, 2.45) is 0 Å². The lowest BCUT2D eigenvalue weighted by atomic mass is 10.1. The molecule has 0 heterocycles. The second-order valence-electron chi connectivity index (χ2n) is 11.9. The summed E-state index contributed by atoms with van der Waals surface area (Å²) < 4.78 is 42.2. The van der Waals surface area contributed by atoms with Gasteiger partial charge in [0, 0.05) is 23.1 Å². The number of carbonyl (C=O) groups excluding carboxylic acids is 3. The highest BCUT2D eigenvalue weighted by atomic mass is 35.5. The van der Waals surface area contributed by atoms with E-state index in [2.05, 4.69) is 15.4 Å². The fraction of sp³-hybridized carbons (Fsp3) is 0.0698. The number of carbonyl (C=O) groups is 4. The van der Waals surface area contributed by atoms with E-state index in [-0.39, 0.29) is 47.3 Å². The molecule has 6 aromatic rings. The first-order valence-electron chi connectivity index (χ1n) is 16.9. The minimum Gasteiger partial charge on any atom is -0.478 e. The normalized spacial score (nSPS) is 10.3. The molecule has 0 fully saturated rings. The molecule has 0 radical (unpaired) electrons. The summed E-state index contributed by atoms with van der Waals surface area (Å²) in [5.41, 5.74) is 2.59. The smallest absolute Gasteiger partial charge is 0.337 e. The first-order chi connectivity index (χ1) is 27.4. The summed E-state index contributed by atoms with van der Waals surface area (Å²) in [5.74, 6) is -1.69. The van der Waals surface area contributed by atoms with Gasteiger partial charge in [-0.3, -0.25) is 9.59 Å². The number of benzene rings is 6. The average molecular weight is 814 g/mol. The van der Waals surface area contributed by atoms with Crippen LogP contribution < -0.4 is 20.1 Å². The number of halogens is 4. The molecule has 3 N–H and O–H groups in total. The van der Waals surface area contributed by atoms with E-state index >= 15 is 0 Å². The lowest BCUT2D eigenvalue weighted by molar-refractivity contribution is 0.0599. The van der Waals surface area contributed by atoms with Gasteiger partial charge in [0.15, 0.2) is 0 Å². The molecule has 0 spiro atoms. The summed E-state index contributed by atoms with van der Waals surface area (Å²) in [6.07, 6.45) is 0. The highest BCUT2D eigenvalue weighted by molar-refractivity contribution is 6.31. The van der Waals surface area contributed by atoms with Crippen LogP contribution in [0.5, 0.6) is 23.0 Å². The number of methoxy groups -OCH3 is 1. The van der Waals surface area contributed by atoms with Crippen LogP contribution in [-0.4, -0.2) is 36.0 Å². The summed E-state index contributed by atoms with van der Waals surface area (Å²) in [6, 6.07) is 33.0. The molecular weight excluding hydrogens is 781 g/mol. The van der Waals surface area contributed by atoms with Gasteiger partial charge in [0.05, 0.1) is 29.4 Å². The number of nitrogens with one attached hydrogen (secondary N) is 2. The van der Waals surface area contributed by atoms with Crippen LogP contribution in [0.25, 0.3) is 0 Å². The summed E-state index contributed by atoms with van der Waals surface area (Å²) in [4.78, 5) is 47.6. The minimum atomic E-state index is -1.02. The van der Waals surface area contributed by atoms with E-state index in [9.17, 15) is 28.0 Å². The van der Waals surface area contributed by atoms with E-state index in [1.165, 1.54) is 79.9 Å². The van der Waals surface area contributed by atoms with E-state index in [0.717, 1.165) is 11.1 Å². The Bertz CT molecular complexity index is 2360. The molecule has 0 atom stereocenters. The molecule has 0 aliphatic rings. The van der Waals surface area contributed by atoms with Gasteiger partial charge in [0.1, 0.15) is 34.6 Å². The van der Waals surface area contributed by atoms with E-state index in [0.29, 0.717) is 32.9 Å². The van der Waals surface area contributed by atoms with Gasteiger partial charge in [-0.15, -0.1) is 0 Å². The van der Waals surface area contributed by atoms with Crippen molar-refractivity contribution in [3.05, 3.63) is 189 Å². The number of aromatic carboxylic acids is 1. The highest BCUT2D eigenvalue weighted by Gasteiger charge is 2.16. The SMILES string of the molecule is COC(=O)c1ccc(CNC(=O)c2cc(Cl)ccc2Oc2ccc(F)cc2)cc1.O=C(O)c1ccc(CNC(=O)c2cc(Cl)ccc2Oc2ccc(F)cc2)cc1. The Kier molecular flexibility index (Phi) is 14.3. The van der Waals surface area contributed by atoms with Crippen molar-refractivity contribution in [3.8, 4) is 23.0 Å². The Hall–Kier alpha value is -6.76. The van der Waals surface area contributed by atoms with Crippen molar-refractivity contribution < 1.29 is 47.3 Å². The van der Waals surface area contributed by atoms with Crippen molar-refractivity contribution in [1.82, 2.24) is 10.6 Å². The van der Waals surface area contributed by atoms with Crippen LogP contribution in [-0.2, 0) is 17.8 Å². The number of amides is 2. The number of esters is 1. The van der Waals surface area contributed by atoms with Crippen LogP contribution >= 0.6 is 23.2 Å². The summed E-state index contributed by atoms with van der Waals surface area (Å²) >= 11 is 12.0. The Morgan fingerprint density at radius 1 is 0.561 bits per heavy atom. The summed E-state index contributed by atoms with van der Waals surface area (Å²) in [6.45, 7) is 0.435. The average Bonchev–Trinajstić information content (AvgIpc) is 3.22. The first kappa shape index (κ1) is 41.4. The molecule has 0 saturated carbocycles. The third-order valence-electron chi connectivity index (χ3n) is 7.94. The zero-order valence-corrected chi connectivity index (χ0v) is 31.4. The second kappa shape index (κ2) is 19.7. The van der Waals surface area contributed by atoms with Crippen LogP contribution in [0.1, 0.15) is 52.6 Å². The van der Waals surface area contributed by atoms with E-state index < -0.39 is 23.7 Å². The number of ether oxygens (including phenoxy) is 3. The Labute approximate surface area is 335 Å². The zero-order chi connectivity index (χ0) is 40.9. The molecule has 14 heteroatoms. The molecule has 2 amide bonds. The van der Waals surface area contributed by atoms with Gasteiger partial charge in [-0.25, -0.2) is 18.4 Å². The van der Waals surface area contributed by atoms with Crippen molar-refractivity contribution in [2.45, 2.75) is 13.1 Å². The zero-order valence-electron chi connectivity index (χ0n) is 29.9. The molecular formula is C43H32Cl2F2N2O8. The third kappa shape index (κ3) is 12.1. The van der Waals surface area contributed by atoms with Crippen molar-refractivity contribution in [1.29, 1.82) is 0 Å². The lowest BCUT2D eigenvalue weighted by Gasteiger charge is -2.12. The van der Waals surface area contributed by atoms with Crippen molar-refractivity contribution in [2.75, 3.05) is 7.11 Å². The molecule has 290 valence electrons. The molecule has 0 unspecified atom stereocenters. The largest absolute Gasteiger partial charge is 0.478 e. The van der Waals surface area contributed by atoms with E-state index in [1.807, 2.05) is 0 Å². The topological polar surface area (TPSA) is 140 Å². The number of carboxylic acid groups (broad SMARTS) is 1. The monoisotopic (exact) mass is 812 g/mol. The quantitative estimate of drug-likeness (QED) is 0.104. The molecule has 10 nitrogen and oxygen atoms in total.